The summed E-state index contributed by atoms with van der Waals surface area (Å²) in [5, 5.41) is 4.48. The lowest BCUT2D eigenvalue weighted by Crippen LogP contribution is -2.07. The molecule has 0 aliphatic rings. The maximum Gasteiger partial charge on any atom is 0.134 e. The van der Waals surface area contributed by atoms with Crippen molar-refractivity contribution < 1.29 is 4.42 Å². The van der Waals surface area contributed by atoms with Gasteiger partial charge < -0.3 is 9.73 Å². The number of hydrogen-bond acceptors (Lipinski definition) is 2. The Morgan fingerprint density at radius 3 is 2.44 bits per heavy atom. The van der Waals surface area contributed by atoms with E-state index in [0.717, 1.165) is 24.3 Å². The first-order valence-electron chi connectivity index (χ1n) is 6.69. The van der Waals surface area contributed by atoms with Crippen LogP contribution in [0, 0.1) is 19.8 Å². The number of nitrogens with one attached hydrogen (secondary N) is 1. The largest absolute Gasteiger partial charge is 0.459 e. The van der Waals surface area contributed by atoms with Crippen LogP contribution in [0.1, 0.15) is 36.3 Å². The Morgan fingerprint density at radius 1 is 1.17 bits per heavy atom. The number of aryl methyl sites for hydroxylation is 2. The number of benzene rings is 1. The first-order valence-corrected chi connectivity index (χ1v) is 6.69. The van der Waals surface area contributed by atoms with E-state index in [4.69, 9.17) is 4.42 Å². The fourth-order valence-corrected chi connectivity index (χ4v) is 2.39. The van der Waals surface area contributed by atoms with Gasteiger partial charge in [-0.2, -0.15) is 0 Å². The Kier molecular flexibility index (Phi) is 3.76. The molecule has 0 amide bonds. The van der Waals surface area contributed by atoms with Crippen molar-refractivity contribution in [2.24, 2.45) is 5.92 Å². The zero-order chi connectivity index (χ0) is 13.3. The number of rotatable bonds is 4. The maximum atomic E-state index is 6.01. The molecule has 0 fully saturated rings. The lowest BCUT2D eigenvalue weighted by atomic mass is 9.97. The second kappa shape index (κ2) is 5.15. The van der Waals surface area contributed by atoms with Gasteiger partial charge in [-0.25, -0.2) is 0 Å². The predicted octanol–water partition coefficient (Wildman–Crippen LogP) is 3.97. The van der Waals surface area contributed by atoms with Gasteiger partial charge in [-0.15, -0.1) is 0 Å². The minimum Gasteiger partial charge on any atom is -0.459 e. The van der Waals surface area contributed by atoms with E-state index in [2.05, 4.69) is 45.1 Å². The quantitative estimate of drug-likeness (QED) is 0.881. The van der Waals surface area contributed by atoms with Crippen LogP contribution < -0.4 is 5.32 Å². The van der Waals surface area contributed by atoms with Gasteiger partial charge in [0.25, 0.3) is 0 Å². The van der Waals surface area contributed by atoms with E-state index in [-0.39, 0.29) is 0 Å². The molecule has 1 heterocycles. The third-order valence-electron chi connectivity index (χ3n) is 3.44. The second-order valence-electron chi connectivity index (χ2n) is 5.56. The van der Waals surface area contributed by atoms with Crippen LogP contribution in [0.5, 0.6) is 0 Å². The summed E-state index contributed by atoms with van der Waals surface area (Å²) in [6.45, 7) is 9.61. The highest BCUT2D eigenvalue weighted by Crippen LogP contribution is 2.30. The normalized spacial score (nSPS) is 11.7. The molecule has 0 unspecified atom stereocenters. The van der Waals surface area contributed by atoms with Gasteiger partial charge >= 0.3 is 0 Å². The Labute approximate surface area is 109 Å². The van der Waals surface area contributed by atoms with E-state index in [1.165, 1.54) is 22.1 Å². The molecule has 2 heteroatoms. The van der Waals surface area contributed by atoms with Gasteiger partial charge in [-0.3, -0.25) is 0 Å². The molecular formula is C16H23NO. The van der Waals surface area contributed by atoms with Gasteiger partial charge in [0.2, 0.25) is 0 Å². The summed E-state index contributed by atoms with van der Waals surface area (Å²) >= 11 is 0. The van der Waals surface area contributed by atoms with Gasteiger partial charge in [-0.1, -0.05) is 13.8 Å². The zero-order valence-electron chi connectivity index (χ0n) is 12.1. The van der Waals surface area contributed by atoms with Crippen molar-refractivity contribution in [2.75, 3.05) is 7.05 Å². The van der Waals surface area contributed by atoms with E-state index in [1.54, 1.807) is 0 Å². The van der Waals surface area contributed by atoms with Gasteiger partial charge in [0, 0.05) is 10.9 Å². The van der Waals surface area contributed by atoms with Crippen LogP contribution in [-0.4, -0.2) is 7.05 Å². The smallest absolute Gasteiger partial charge is 0.134 e. The summed E-state index contributed by atoms with van der Waals surface area (Å²) in [5.41, 5.74) is 5.03. The highest BCUT2D eigenvalue weighted by Gasteiger charge is 2.15. The molecular weight excluding hydrogens is 222 g/mol. The molecule has 2 aromatic rings. The van der Waals surface area contributed by atoms with Crippen LogP contribution >= 0.6 is 0 Å². The van der Waals surface area contributed by atoms with E-state index in [9.17, 15) is 0 Å². The van der Waals surface area contributed by atoms with Crippen LogP contribution in [0.3, 0.4) is 0 Å². The van der Waals surface area contributed by atoms with Gasteiger partial charge in [0.15, 0.2) is 0 Å². The van der Waals surface area contributed by atoms with Crippen LogP contribution in [0.15, 0.2) is 16.5 Å². The molecule has 0 aliphatic carbocycles. The summed E-state index contributed by atoms with van der Waals surface area (Å²) in [6, 6.07) is 4.43. The highest BCUT2D eigenvalue weighted by molar-refractivity contribution is 5.84. The molecule has 18 heavy (non-hydrogen) atoms. The Balaban J connectivity index is 2.60. The highest BCUT2D eigenvalue weighted by atomic mass is 16.3. The van der Waals surface area contributed by atoms with E-state index < -0.39 is 0 Å². The molecule has 1 aromatic heterocycles. The molecule has 2 rings (SSSR count). The summed E-state index contributed by atoms with van der Waals surface area (Å²) in [6.07, 6.45) is 1.08. The number of hydrogen-bond donors (Lipinski definition) is 1. The third-order valence-corrected chi connectivity index (χ3v) is 3.44. The van der Waals surface area contributed by atoms with Crippen LogP contribution in [-0.2, 0) is 13.0 Å². The fraction of sp³-hybridized carbons (Fsp3) is 0.500. The Bertz CT molecular complexity index is 552. The lowest BCUT2D eigenvalue weighted by Gasteiger charge is -2.06. The average Bonchev–Trinajstić information content (AvgIpc) is 2.58. The Morgan fingerprint density at radius 2 is 1.83 bits per heavy atom. The summed E-state index contributed by atoms with van der Waals surface area (Å²) < 4.78 is 6.01. The zero-order valence-corrected chi connectivity index (χ0v) is 12.1. The van der Waals surface area contributed by atoms with Crippen molar-refractivity contribution in [3.63, 3.8) is 0 Å². The predicted molar refractivity (Wildman–Crippen MR) is 77.0 cm³/mol. The van der Waals surface area contributed by atoms with Crippen LogP contribution in [0.25, 0.3) is 11.0 Å². The number of furan rings is 1. The molecule has 98 valence electrons. The first kappa shape index (κ1) is 13.2. The van der Waals surface area contributed by atoms with E-state index >= 15 is 0 Å². The first-order chi connectivity index (χ1) is 8.52. The lowest BCUT2D eigenvalue weighted by molar-refractivity contribution is 0.516. The van der Waals surface area contributed by atoms with E-state index in [1.807, 2.05) is 7.05 Å². The van der Waals surface area contributed by atoms with Crippen molar-refractivity contribution in [2.45, 2.75) is 40.7 Å². The summed E-state index contributed by atoms with van der Waals surface area (Å²) in [7, 11) is 1.96. The molecule has 0 radical (unpaired) electrons. The standard InChI is InChI=1S/C16H23NO/c1-10(2)6-13-14-7-11(3)12(4)8-15(14)18-16(13)9-17-5/h7-8,10,17H,6,9H2,1-5H3. The SMILES string of the molecule is CNCc1oc2cc(C)c(C)cc2c1CC(C)C. The minimum absolute atomic E-state index is 0.642. The van der Waals surface area contributed by atoms with Crippen molar-refractivity contribution in [1.82, 2.24) is 5.32 Å². The van der Waals surface area contributed by atoms with Gasteiger partial charge in [0.05, 0.1) is 6.54 Å². The third kappa shape index (κ3) is 2.44. The summed E-state index contributed by atoms with van der Waals surface area (Å²) in [5.74, 6) is 1.73. The van der Waals surface area contributed by atoms with Crippen LogP contribution in [0.4, 0.5) is 0 Å². The van der Waals surface area contributed by atoms with Gasteiger partial charge in [0.1, 0.15) is 11.3 Å². The topological polar surface area (TPSA) is 25.2 Å². The minimum atomic E-state index is 0.642. The molecule has 0 aliphatic heterocycles. The van der Waals surface area contributed by atoms with Crippen molar-refractivity contribution in [3.05, 3.63) is 34.6 Å². The number of fused-ring (bicyclic) bond motifs is 1. The molecule has 2 nitrogen and oxygen atoms in total. The molecule has 1 N–H and O–H groups in total. The molecule has 0 bridgehead atoms. The second-order valence-corrected chi connectivity index (χ2v) is 5.56. The maximum absolute atomic E-state index is 6.01. The molecule has 0 spiro atoms. The van der Waals surface area contributed by atoms with Crippen molar-refractivity contribution in [1.29, 1.82) is 0 Å². The molecule has 0 atom stereocenters. The van der Waals surface area contributed by atoms with Crippen molar-refractivity contribution >= 4 is 11.0 Å². The Hall–Kier alpha value is -1.28. The van der Waals surface area contributed by atoms with Gasteiger partial charge in [-0.05, 0) is 56.5 Å². The van der Waals surface area contributed by atoms with E-state index in [0.29, 0.717) is 5.92 Å². The monoisotopic (exact) mass is 245 g/mol. The fourth-order valence-electron chi connectivity index (χ4n) is 2.39. The molecule has 0 saturated carbocycles. The molecule has 1 aromatic carbocycles. The molecule has 0 saturated heterocycles. The summed E-state index contributed by atoms with van der Waals surface area (Å²) in [4.78, 5) is 0. The average molecular weight is 245 g/mol. The van der Waals surface area contributed by atoms with Crippen molar-refractivity contribution in [3.8, 4) is 0 Å². The van der Waals surface area contributed by atoms with Crippen LogP contribution in [0.2, 0.25) is 0 Å².